The highest BCUT2D eigenvalue weighted by atomic mass is 32.1. The molecule has 1 heterocycles. The predicted molar refractivity (Wildman–Crippen MR) is 80.3 cm³/mol. The number of carbonyl (C=O) groups is 1. The number of hydrogen-bond acceptors (Lipinski definition) is 4. The molecule has 0 aliphatic heterocycles. The predicted octanol–water partition coefficient (Wildman–Crippen LogP) is 2.78. The van der Waals surface area contributed by atoms with Crippen LogP contribution in [0.15, 0.2) is 29.8 Å². The van der Waals surface area contributed by atoms with Crippen LogP contribution in [-0.2, 0) is 12.8 Å². The molecule has 5 nitrogen and oxygen atoms in total. The van der Waals surface area contributed by atoms with Gasteiger partial charge in [0.25, 0.3) is 0 Å². The van der Waals surface area contributed by atoms with Gasteiger partial charge in [-0.15, -0.1) is 11.3 Å². The summed E-state index contributed by atoms with van der Waals surface area (Å²) in [6, 6.07) is 6.74. The highest BCUT2D eigenvalue weighted by Gasteiger charge is 2.07. The molecule has 0 radical (unpaired) electrons. The lowest BCUT2D eigenvalue weighted by atomic mass is 10.1. The van der Waals surface area contributed by atoms with Crippen molar-refractivity contribution in [2.75, 3.05) is 11.9 Å². The first kappa shape index (κ1) is 14.3. The van der Waals surface area contributed by atoms with Gasteiger partial charge in [0.05, 0.1) is 11.2 Å². The van der Waals surface area contributed by atoms with Gasteiger partial charge >= 0.3 is 6.03 Å². The van der Waals surface area contributed by atoms with Crippen LogP contribution in [0.2, 0.25) is 0 Å². The molecule has 1 aromatic heterocycles. The van der Waals surface area contributed by atoms with E-state index in [9.17, 15) is 9.90 Å². The average Bonchev–Trinajstić information content (AvgIpc) is 2.88. The van der Waals surface area contributed by atoms with E-state index in [1.165, 1.54) is 11.3 Å². The Hall–Kier alpha value is -2.08. The van der Waals surface area contributed by atoms with Crippen LogP contribution in [0.4, 0.5) is 9.80 Å². The Morgan fingerprint density at radius 2 is 2.10 bits per heavy atom. The molecule has 0 fully saturated rings. The fourth-order valence-corrected chi connectivity index (χ4v) is 2.52. The van der Waals surface area contributed by atoms with E-state index in [1.54, 1.807) is 17.6 Å². The zero-order valence-electron chi connectivity index (χ0n) is 11.2. The number of carbonyl (C=O) groups excluding carboxylic acids is 1. The Bertz CT molecular complexity index is 566. The second-order valence-corrected chi connectivity index (χ2v) is 5.13. The minimum absolute atomic E-state index is 0.220. The largest absolute Gasteiger partial charge is 0.508 e. The normalized spacial score (nSPS) is 10.2. The van der Waals surface area contributed by atoms with Crippen LogP contribution in [0, 0.1) is 0 Å². The molecule has 0 aliphatic rings. The lowest BCUT2D eigenvalue weighted by Crippen LogP contribution is -2.30. The fourth-order valence-electron chi connectivity index (χ4n) is 1.75. The summed E-state index contributed by atoms with van der Waals surface area (Å²) < 4.78 is 0. The fraction of sp³-hybridized carbons (Fsp3) is 0.286. The van der Waals surface area contributed by atoms with E-state index < -0.39 is 0 Å². The van der Waals surface area contributed by atoms with Gasteiger partial charge < -0.3 is 10.4 Å². The van der Waals surface area contributed by atoms with Crippen molar-refractivity contribution in [2.24, 2.45) is 0 Å². The number of aromatic nitrogens is 1. The van der Waals surface area contributed by atoms with Crippen molar-refractivity contribution >= 4 is 22.4 Å². The van der Waals surface area contributed by atoms with Crippen LogP contribution in [0.5, 0.6) is 5.75 Å². The number of hydrogen-bond donors (Lipinski definition) is 3. The van der Waals surface area contributed by atoms with Crippen LogP contribution in [-0.4, -0.2) is 22.7 Å². The van der Waals surface area contributed by atoms with Gasteiger partial charge in [-0.25, -0.2) is 9.78 Å². The molecule has 0 unspecified atom stereocenters. The third-order valence-corrected chi connectivity index (χ3v) is 3.62. The number of aryl methyl sites for hydroxylation is 1. The molecule has 3 N–H and O–H groups in total. The quantitative estimate of drug-likeness (QED) is 0.793. The lowest BCUT2D eigenvalue weighted by Gasteiger charge is -2.07. The Morgan fingerprint density at radius 3 is 2.80 bits per heavy atom. The molecule has 1 aromatic carbocycles. The van der Waals surface area contributed by atoms with E-state index in [0.717, 1.165) is 29.1 Å². The standard InChI is InChI=1S/C14H17N3O2S/c1-2-12-13(20-9-16-12)17-14(19)15-8-7-10-3-5-11(18)6-4-10/h3-6,9,18H,2,7-8H2,1H3,(H2,15,17,19). The Morgan fingerprint density at radius 1 is 1.35 bits per heavy atom. The average molecular weight is 291 g/mol. The van der Waals surface area contributed by atoms with E-state index >= 15 is 0 Å². The summed E-state index contributed by atoms with van der Waals surface area (Å²) in [6.07, 6.45) is 1.52. The molecule has 2 aromatic rings. The highest BCUT2D eigenvalue weighted by Crippen LogP contribution is 2.20. The highest BCUT2D eigenvalue weighted by molar-refractivity contribution is 7.14. The van der Waals surface area contributed by atoms with Gasteiger partial charge in [-0.05, 0) is 30.5 Å². The van der Waals surface area contributed by atoms with Crippen LogP contribution in [0.25, 0.3) is 0 Å². The van der Waals surface area contributed by atoms with Crippen molar-refractivity contribution in [1.29, 1.82) is 0 Å². The number of thiazole rings is 1. The maximum atomic E-state index is 11.7. The Labute approximate surface area is 121 Å². The Balaban J connectivity index is 1.76. The smallest absolute Gasteiger partial charge is 0.319 e. The number of phenols is 1. The van der Waals surface area contributed by atoms with Crippen molar-refractivity contribution in [2.45, 2.75) is 19.8 Å². The molecular weight excluding hydrogens is 274 g/mol. The first-order chi connectivity index (χ1) is 9.69. The van der Waals surface area contributed by atoms with Gasteiger partial charge in [-0.3, -0.25) is 5.32 Å². The number of nitrogens with zero attached hydrogens (tertiary/aromatic N) is 1. The molecule has 0 bridgehead atoms. The molecule has 0 spiro atoms. The minimum atomic E-state index is -0.220. The molecule has 0 saturated heterocycles. The first-order valence-electron chi connectivity index (χ1n) is 6.44. The van der Waals surface area contributed by atoms with E-state index in [-0.39, 0.29) is 11.8 Å². The van der Waals surface area contributed by atoms with Crippen molar-refractivity contribution in [3.63, 3.8) is 0 Å². The number of phenolic OH excluding ortho intramolecular Hbond substituents is 1. The topological polar surface area (TPSA) is 74.2 Å². The number of urea groups is 1. The SMILES string of the molecule is CCc1ncsc1NC(=O)NCCc1ccc(O)cc1. The van der Waals surface area contributed by atoms with Crippen LogP contribution in [0.1, 0.15) is 18.2 Å². The summed E-state index contributed by atoms with van der Waals surface area (Å²) in [5, 5.41) is 15.6. The molecule has 0 atom stereocenters. The van der Waals surface area contributed by atoms with E-state index in [0.29, 0.717) is 6.54 Å². The lowest BCUT2D eigenvalue weighted by molar-refractivity contribution is 0.252. The number of rotatable bonds is 5. The third kappa shape index (κ3) is 3.96. The van der Waals surface area contributed by atoms with E-state index in [2.05, 4.69) is 15.6 Å². The van der Waals surface area contributed by atoms with E-state index in [4.69, 9.17) is 0 Å². The van der Waals surface area contributed by atoms with Gasteiger partial charge in [-0.2, -0.15) is 0 Å². The van der Waals surface area contributed by atoms with Crippen LogP contribution in [0.3, 0.4) is 0 Å². The molecular formula is C14H17N3O2S. The zero-order valence-corrected chi connectivity index (χ0v) is 12.0. The number of aromatic hydroxyl groups is 1. The second-order valence-electron chi connectivity index (χ2n) is 4.28. The second kappa shape index (κ2) is 6.91. The van der Waals surface area contributed by atoms with Gasteiger partial charge in [0, 0.05) is 6.54 Å². The van der Waals surface area contributed by atoms with Crippen LogP contribution < -0.4 is 10.6 Å². The van der Waals surface area contributed by atoms with Gasteiger partial charge in [0.1, 0.15) is 10.8 Å². The molecule has 6 heteroatoms. The maximum absolute atomic E-state index is 11.7. The monoisotopic (exact) mass is 291 g/mol. The molecule has 106 valence electrons. The summed E-state index contributed by atoms with van der Waals surface area (Å²) in [4.78, 5) is 15.9. The molecule has 0 aliphatic carbocycles. The van der Waals surface area contributed by atoms with Gasteiger partial charge in [0.2, 0.25) is 0 Å². The number of amides is 2. The molecule has 2 amide bonds. The minimum Gasteiger partial charge on any atom is -0.508 e. The Kier molecular flexibility index (Phi) is 4.95. The first-order valence-corrected chi connectivity index (χ1v) is 7.32. The summed E-state index contributed by atoms with van der Waals surface area (Å²) in [7, 11) is 0. The van der Waals surface area contributed by atoms with Crippen molar-refractivity contribution < 1.29 is 9.90 Å². The summed E-state index contributed by atoms with van der Waals surface area (Å²) >= 11 is 1.42. The van der Waals surface area contributed by atoms with Gasteiger partial charge in [0.15, 0.2) is 0 Å². The molecule has 2 rings (SSSR count). The summed E-state index contributed by atoms with van der Waals surface area (Å²) in [5.41, 5.74) is 3.70. The van der Waals surface area contributed by atoms with E-state index in [1.807, 2.05) is 19.1 Å². The molecule has 20 heavy (non-hydrogen) atoms. The maximum Gasteiger partial charge on any atom is 0.319 e. The number of nitrogens with one attached hydrogen (secondary N) is 2. The molecule has 0 saturated carbocycles. The third-order valence-electron chi connectivity index (χ3n) is 2.84. The zero-order chi connectivity index (χ0) is 14.4. The van der Waals surface area contributed by atoms with Crippen molar-refractivity contribution in [3.05, 3.63) is 41.0 Å². The summed E-state index contributed by atoms with van der Waals surface area (Å²) in [5.74, 6) is 0.247. The van der Waals surface area contributed by atoms with Gasteiger partial charge in [-0.1, -0.05) is 19.1 Å². The number of anilines is 1. The van der Waals surface area contributed by atoms with Crippen LogP contribution >= 0.6 is 11.3 Å². The van der Waals surface area contributed by atoms with Crippen molar-refractivity contribution in [3.8, 4) is 5.75 Å². The number of benzene rings is 1. The summed E-state index contributed by atoms with van der Waals surface area (Å²) in [6.45, 7) is 2.54. The van der Waals surface area contributed by atoms with Crippen molar-refractivity contribution in [1.82, 2.24) is 10.3 Å².